The number of benzene rings is 1. The van der Waals surface area contributed by atoms with E-state index in [2.05, 4.69) is 15.2 Å². The largest absolute Gasteiger partial charge is 0.497 e. The second kappa shape index (κ2) is 7.14. The van der Waals surface area contributed by atoms with Crippen molar-refractivity contribution in [3.63, 3.8) is 0 Å². The number of nitrogens with two attached hydrogens (primary N) is 1. The van der Waals surface area contributed by atoms with Crippen LogP contribution in [0, 0.1) is 0 Å². The molecule has 0 bridgehead atoms. The molecule has 8 heteroatoms. The van der Waals surface area contributed by atoms with Crippen molar-refractivity contribution in [2.45, 2.75) is 5.16 Å². The molecular weight excluding hydrogens is 326 g/mol. The van der Waals surface area contributed by atoms with Crippen LogP contribution in [-0.4, -0.2) is 38.5 Å². The molecule has 1 amide bonds. The van der Waals surface area contributed by atoms with Gasteiger partial charge in [-0.1, -0.05) is 17.8 Å². The highest BCUT2D eigenvalue weighted by atomic mass is 32.2. The van der Waals surface area contributed by atoms with Crippen LogP contribution in [0.1, 0.15) is 0 Å². The van der Waals surface area contributed by atoms with Crippen molar-refractivity contribution in [3.8, 4) is 23.0 Å². The van der Waals surface area contributed by atoms with Crippen LogP contribution in [0.25, 0.3) is 17.2 Å². The molecule has 0 aliphatic heterocycles. The fraction of sp³-hybridized carbons (Fsp3) is 0.125. The summed E-state index contributed by atoms with van der Waals surface area (Å²) in [5.74, 6) is 1.05. The minimum absolute atomic E-state index is 0.122. The van der Waals surface area contributed by atoms with Crippen LogP contribution < -0.4 is 10.5 Å². The first-order chi connectivity index (χ1) is 11.7. The topological polar surface area (TPSA) is 95.9 Å². The normalized spacial score (nSPS) is 10.5. The van der Waals surface area contributed by atoms with Crippen molar-refractivity contribution in [1.82, 2.24) is 19.7 Å². The van der Waals surface area contributed by atoms with Gasteiger partial charge in [0.1, 0.15) is 11.4 Å². The number of methoxy groups -OCH3 is 1. The Labute approximate surface area is 142 Å². The molecule has 2 N–H and O–H groups in total. The molecule has 0 fully saturated rings. The van der Waals surface area contributed by atoms with Gasteiger partial charge in [0.05, 0.1) is 18.6 Å². The van der Waals surface area contributed by atoms with Gasteiger partial charge in [0, 0.05) is 6.20 Å². The average Bonchev–Trinajstić information content (AvgIpc) is 3.04. The number of rotatable bonds is 6. The lowest BCUT2D eigenvalue weighted by Crippen LogP contribution is -2.13. The number of carbonyl (C=O) groups excluding carboxylic acids is 1. The van der Waals surface area contributed by atoms with Crippen LogP contribution in [0.3, 0.4) is 0 Å². The zero-order chi connectivity index (χ0) is 16.9. The van der Waals surface area contributed by atoms with E-state index >= 15 is 0 Å². The van der Waals surface area contributed by atoms with Crippen molar-refractivity contribution in [3.05, 3.63) is 48.7 Å². The van der Waals surface area contributed by atoms with E-state index in [1.165, 1.54) is 11.8 Å². The number of thioether (sulfide) groups is 1. The summed E-state index contributed by atoms with van der Waals surface area (Å²) >= 11 is 1.23. The number of aromatic nitrogens is 4. The minimum Gasteiger partial charge on any atom is -0.497 e. The van der Waals surface area contributed by atoms with Gasteiger partial charge in [-0.15, -0.1) is 10.2 Å². The molecule has 0 radical (unpaired) electrons. The summed E-state index contributed by atoms with van der Waals surface area (Å²) in [5.41, 5.74) is 6.77. The van der Waals surface area contributed by atoms with E-state index in [4.69, 9.17) is 10.5 Å². The molecule has 0 spiro atoms. The van der Waals surface area contributed by atoms with Crippen LogP contribution in [0.15, 0.2) is 53.8 Å². The molecule has 0 unspecified atom stereocenters. The Morgan fingerprint density at radius 2 is 2.00 bits per heavy atom. The van der Waals surface area contributed by atoms with Crippen LogP contribution >= 0.6 is 11.8 Å². The van der Waals surface area contributed by atoms with Crippen molar-refractivity contribution in [2.24, 2.45) is 5.73 Å². The Bertz CT molecular complexity index is 833. The fourth-order valence-electron chi connectivity index (χ4n) is 2.12. The average molecular weight is 341 g/mol. The number of hydrogen-bond acceptors (Lipinski definition) is 6. The second-order valence-electron chi connectivity index (χ2n) is 4.81. The van der Waals surface area contributed by atoms with Gasteiger partial charge in [-0.3, -0.25) is 14.3 Å². The third-order valence-electron chi connectivity index (χ3n) is 3.20. The maximum atomic E-state index is 11.1. The Kier molecular flexibility index (Phi) is 4.76. The molecule has 24 heavy (non-hydrogen) atoms. The molecule has 3 aromatic rings. The summed E-state index contributed by atoms with van der Waals surface area (Å²) < 4.78 is 7.03. The molecule has 0 saturated carbocycles. The number of carbonyl (C=O) groups is 1. The molecule has 2 aromatic heterocycles. The maximum Gasteiger partial charge on any atom is 0.227 e. The molecule has 7 nitrogen and oxygen atoms in total. The van der Waals surface area contributed by atoms with Crippen molar-refractivity contribution in [2.75, 3.05) is 12.9 Å². The summed E-state index contributed by atoms with van der Waals surface area (Å²) in [7, 11) is 1.61. The number of amides is 1. The highest BCUT2D eigenvalue weighted by Crippen LogP contribution is 2.27. The highest BCUT2D eigenvalue weighted by Gasteiger charge is 2.17. The first-order valence-corrected chi connectivity index (χ1v) is 8.10. The smallest absolute Gasteiger partial charge is 0.227 e. The van der Waals surface area contributed by atoms with Crippen molar-refractivity contribution >= 4 is 17.7 Å². The van der Waals surface area contributed by atoms with E-state index in [1.54, 1.807) is 13.3 Å². The van der Waals surface area contributed by atoms with Crippen molar-refractivity contribution < 1.29 is 9.53 Å². The second-order valence-corrected chi connectivity index (χ2v) is 5.75. The van der Waals surface area contributed by atoms with Crippen LogP contribution in [0.5, 0.6) is 5.75 Å². The number of pyridine rings is 1. The molecule has 0 saturated heterocycles. The van der Waals surface area contributed by atoms with E-state index in [0.29, 0.717) is 16.7 Å². The SMILES string of the molecule is COc1ccc(-n2c(SCC(N)=O)nnc2-c2ccccn2)cc1. The van der Waals surface area contributed by atoms with Gasteiger partial charge >= 0.3 is 0 Å². The van der Waals surface area contributed by atoms with E-state index in [1.807, 2.05) is 47.0 Å². The van der Waals surface area contributed by atoms with Crippen LogP contribution in [0.2, 0.25) is 0 Å². The van der Waals surface area contributed by atoms with Gasteiger partial charge < -0.3 is 10.5 Å². The molecule has 1 aromatic carbocycles. The standard InChI is InChI=1S/C16H15N5O2S/c1-23-12-7-5-11(6-8-12)21-15(13-4-2-3-9-18-13)19-20-16(21)24-10-14(17)22/h2-9H,10H2,1H3,(H2,17,22). The Balaban J connectivity index is 2.08. The predicted molar refractivity (Wildman–Crippen MR) is 91.1 cm³/mol. The Hall–Kier alpha value is -2.87. The lowest BCUT2D eigenvalue weighted by Gasteiger charge is -2.10. The third-order valence-corrected chi connectivity index (χ3v) is 4.15. The molecule has 0 aliphatic rings. The Morgan fingerprint density at radius 3 is 2.62 bits per heavy atom. The van der Waals surface area contributed by atoms with Gasteiger partial charge in [0.2, 0.25) is 5.91 Å². The Morgan fingerprint density at radius 1 is 1.21 bits per heavy atom. The molecular formula is C16H15N5O2S. The number of primary amides is 1. The van der Waals surface area contributed by atoms with Crippen LogP contribution in [-0.2, 0) is 4.79 Å². The van der Waals surface area contributed by atoms with E-state index in [-0.39, 0.29) is 5.75 Å². The molecule has 3 rings (SSSR count). The van der Waals surface area contributed by atoms with Crippen LogP contribution in [0.4, 0.5) is 0 Å². The third kappa shape index (κ3) is 3.38. The molecule has 0 aliphatic carbocycles. The fourth-order valence-corrected chi connectivity index (χ4v) is 2.81. The molecule has 122 valence electrons. The lowest BCUT2D eigenvalue weighted by atomic mass is 10.3. The summed E-state index contributed by atoms with van der Waals surface area (Å²) in [5, 5.41) is 8.98. The first kappa shape index (κ1) is 16.0. The first-order valence-electron chi connectivity index (χ1n) is 7.11. The number of ether oxygens (including phenoxy) is 1. The lowest BCUT2D eigenvalue weighted by molar-refractivity contribution is -0.115. The maximum absolute atomic E-state index is 11.1. The minimum atomic E-state index is -0.413. The molecule has 2 heterocycles. The predicted octanol–water partition coefficient (Wildman–Crippen LogP) is 1.92. The highest BCUT2D eigenvalue weighted by molar-refractivity contribution is 7.99. The summed E-state index contributed by atoms with van der Waals surface area (Å²) in [6.45, 7) is 0. The van der Waals surface area contributed by atoms with E-state index < -0.39 is 5.91 Å². The quantitative estimate of drug-likeness (QED) is 0.688. The summed E-state index contributed by atoms with van der Waals surface area (Å²) in [4.78, 5) is 15.4. The molecule has 0 atom stereocenters. The summed E-state index contributed by atoms with van der Waals surface area (Å²) in [6, 6.07) is 13.0. The van der Waals surface area contributed by atoms with Gasteiger partial charge in [-0.2, -0.15) is 0 Å². The monoisotopic (exact) mass is 341 g/mol. The zero-order valence-electron chi connectivity index (χ0n) is 12.9. The van der Waals surface area contributed by atoms with E-state index in [0.717, 1.165) is 11.4 Å². The van der Waals surface area contributed by atoms with Gasteiger partial charge in [-0.25, -0.2) is 0 Å². The van der Waals surface area contributed by atoms with Gasteiger partial charge in [-0.05, 0) is 36.4 Å². The number of hydrogen-bond donors (Lipinski definition) is 1. The van der Waals surface area contributed by atoms with Gasteiger partial charge in [0.15, 0.2) is 11.0 Å². The van der Waals surface area contributed by atoms with E-state index in [9.17, 15) is 4.79 Å². The summed E-state index contributed by atoms with van der Waals surface area (Å²) in [6.07, 6.45) is 1.69. The zero-order valence-corrected chi connectivity index (χ0v) is 13.7. The number of nitrogens with zero attached hydrogens (tertiary/aromatic N) is 4. The van der Waals surface area contributed by atoms with Crippen molar-refractivity contribution in [1.29, 1.82) is 0 Å². The van der Waals surface area contributed by atoms with Gasteiger partial charge in [0.25, 0.3) is 0 Å².